The lowest BCUT2D eigenvalue weighted by atomic mass is 9.86. The van der Waals surface area contributed by atoms with Gasteiger partial charge in [-0.1, -0.05) is 96.6 Å². The molecule has 8 nitrogen and oxygen atoms in total. The third kappa shape index (κ3) is 19.8. The largest absolute Gasteiger partial charge is 0.378 e. The van der Waals surface area contributed by atoms with Gasteiger partial charge in [0.15, 0.2) is 5.78 Å². The molecular formula is C41H70N6O2. The first kappa shape index (κ1) is 45.3. The van der Waals surface area contributed by atoms with Crippen LogP contribution in [0.25, 0.3) is 6.20 Å². The second kappa shape index (κ2) is 20.1. The van der Waals surface area contributed by atoms with E-state index in [0.29, 0.717) is 11.3 Å². The van der Waals surface area contributed by atoms with Crippen molar-refractivity contribution < 1.29 is 9.59 Å². The highest BCUT2D eigenvalue weighted by atomic mass is 16.2. The van der Waals surface area contributed by atoms with Crippen LogP contribution in [0.5, 0.6) is 0 Å². The smallest absolute Gasteiger partial charge is 0.227 e. The van der Waals surface area contributed by atoms with Crippen molar-refractivity contribution in [2.75, 3.05) is 32.1 Å². The van der Waals surface area contributed by atoms with Crippen molar-refractivity contribution in [3.05, 3.63) is 72.8 Å². The van der Waals surface area contributed by atoms with Crippen LogP contribution >= 0.6 is 0 Å². The number of ketones is 1. The van der Waals surface area contributed by atoms with E-state index in [-0.39, 0.29) is 29.5 Å². The van der Waals surface area contributed by atoms with E-state index in [0.717, 1.165) is 30.9 Å². The molecule has 1 aliphatic rings. The van der Waals surface area contributed by atoms with Crippen molar-refractivity contribution >= 4 is 23.6 Å². The molecule has 0 radical (unpaired) electrons. The van der Waals surface area contributed by atoms with Gasteiger partial charge in [-0.3, -0.25) is 14.3 Å². The summed E-state index contributed by atoms with van der Waals surface area (Å²) in [4.78, 5) is 27.5. The van der Waals surface area contributed by atoms with Crippen LogP contribution in [-0.2, 0) is 11.3 Å². The van der Waals surface area contributed by atoms with Crippen LogP contribution in [0.1, 0.15) is 120 Å². The van der Waals surface area contributed by atoms with Gasteiger partial charge in [0.25, 0.3) is 0 Å². The highest BCUT2D eigenvalue weighted by Gasteiger charge is 2.28. The van der Waals surface area contributed by atoms with Crippen LogP contribution in [0.2, 0.25) is 0 Å². The number of amides is 1. The molecule has 0 N–H and O–H groups in total. The zero-order chi connectivity index (χ0) is 36.8. The molecule has 3 aromatic rings. The second-order valence-corrected chi connectivity index (χ2v) is 17.0. The van der Waals surface area contributed by atoms with E-state index < -0.39 is 0 Å². The topological polar surface area (TPSA) is 76.3 Å². The van der Waals surface area contributed by atoms with Crippen LogP contribution < -0.4 is 4.90 Å². The van der Waals surface area contributed by atoms with Gasteiger partial charge in [-0.05, 0) is 66.5 Å². The predicted molar refractivity (Wildman–Crippen MR) is 210 cm³/mol. The lowest BCUT2D eigenvalue weighted by molar-refractivity contribution is -0.138. The Morgan fingerprint density at radius 3 is 1.69 bits per heavy atom. The Morgan fingerprint density at radius 2 is 1.31 bits per heavy atom. The molecule has 1 amide bonds. The molecule has 1 saturated heterocycles. The third-order valence-electron chi connectivity index (χ3n) is 7.26. The summed E-state index contributed by atoms with van der Waals surface area (Å²) in [5, 5.41) is 8.19. The van der Waals surface area contributed by atoms with E-state index in [4.69, 9.17) is 0 Å². The Labute approximate surface area is 300 Å². The van der Waals surface area contributed by atoms with Crippen molar-refractivity contribution in [3.63, 3.8) is 0 Å². The molecule has 0 unspecified atom stereocenters. The maximum absolute atomic E-state index is 11.9. The molecule has 1 aliphatic heterocycles. The quantitative estimate of drug-likeness (QED) is 0.251. The first-order valence-corrected chi connectivity index (χ1v) is 17.3. The van der Waals surface area contributed by atoms with E-state index >= 15 is 0 Å². The molecule has 0 aliphatic carbocycles. The zero-order valence-corrected chi connectivity index (χ0v) is 32.7. The van der Waals surface area contributed by atoms with E-state index in [1.165, 1.54) is 19.3 Å². The highest BCUT2D eigenvalue weighted by Crippen LogP contribution is 2.23. The van der Waals surface area contributed by atoms with Crippen molar-refractivity contribution in [1.29, 1.82) is 0 Å². The number of likely N-dealkylation sites (tertiary alicyclic amines) is 1. The number of nitrogens with zero attached hydrogens (tertiary/aromatic N) is 6. The van der Waals surface area contributed by atoms with E-state index in [9.17, 15) is 9.59 Å². The van der Waals surface area contributed by atoms with Gasteiger partial charge in [-0.2, -0.15) is 10.2 Å². The number of aryl methyl sites for hydroxylation is 1. The lowest BCUT2D eigenvalue weighted by Gasteiger charge is -2.25. The van der Waals surface area contributed by atoms with Crippen LogP contribution in [0, 0.1) is 21.7 Å². The van der Waals surface area contributed by atoms with Crippen LogP contribution in [-0.4, -0.2) is 63.3 Å². The maximum atomic E-state index is 11.9. The zero-order valence-electron chi connectivity index (χ0n) is 32.7. The van der Waals surface area contributed by atoms with Gasteiger partial charge >= 0.3 is 0 Å². The highest BCUT2D eigenvalue weighted by molar-refractivity contribution is 6.00. The summed E-state index contributed by atoms with van der Waals surface area (Å²) in [7, 11) is 3.97. The number of rotatable bonds is 5. The Balaban J connectivity index is 0.000000629. The molecule has 276 valence electrons. The van der Waals surface area contributed by atoms with Crippen LogP contribution in [0.15, 0.2) is 67.3 Å². The summed E-state index contributed by atoms with van der Waals surface area (Å²) < 4.78 is 3.77. The minimum Gasteiger partial charge on any atom is -0.378 e. The Hall–Kier alpha value is -3.68. The summed E-state index contributed by atoms with van der Waals surface area (Å²) in [5.74, 6) is 0.489. The van der Waals surface area contributed by atoms with Crippen molar-refractivity contribution in [3.8, 4) is 0 Å². The fourth-order valence-corrected chi connectivity index (χ4v) is 4.29. The number of carbonyl (C=O) groups excluding carboxylic acids is 2. The second-order valence-electron chi connectivity index (χ2n) is 17.0. The summed E-state index contributed by atoms with van der Waals surface area (Å²) in [5.41, 5.74) is 2.04. The average Bonchev–Trinajstić information content (AvgIpc) is 3.78. The minimum atomic E-state index is -0.306. The van der Waals surface area contributed by atoms with Crippen molar-refractivity contribution in [2.24, 2.45) is 21.7 Å². The summed E-state index contributed by atoms with van der Waals surface area (Å²) >= 11 is 0. The fourth-order valence-electron chi connectivity index (χ4n) is 4.29. The molecule has 3 heterocycles. The molecular weight excluding hydrogens is 608 g/mol. The van der Waals surface area contributed by atoms with Gasteiger partial charge in [-0.15, -0.1) is 0 Å². The number of carbonyl (C=O) groups is 2. The van der Waals surface area contributed by atoms with E-state index in [1.807, 2.05) is 131 Å². The van der Waals surface area contributed by atoms with Gasteiger partial charge in [0, 0.05) is 86.8 Å². The number of anilines is 1. The molecule has 0 bridgehead atoms. The Kier molecular flexibility index (Phi) is 18.6. The lowest BCUT2D eigenvalue weighted by Crippen LogP contribution is -2.37. The molecule has 0 saturated carbocycles. The van der Waals surface area contributed by atoms with E-state index in [1.54, 1.807) is 10.9 Å². The number of benzene rings is 1. The molecule has 0 spiro atoms. The van der Waals surface area contributed by atoms with Crippen molar-refractivity contribution in [2.45, 2.75) is 116 Å². The predicted octanol–water partition coefficient (Wildman–Crippen LogP) is 9.99. The number of hydrogen-bond acceptors (Lipinski definition) is 5. The molecule has 49 heavy (non-hydrogen) atoms. The molecule has 0 atom stereocenters. The SMILES string of the molecule is C.CC(C)(C)/C=C/n1cccn1.CC(C)(C)C(=O)N1CCCC1.CC(C)(C)CCn1cccn1.CN(C)c1ccc(C(=O)C(C)(C)C)cc1. The number of allylic oxidation sites excluding steroid dienone is 1. The van der Waals surface area contributed by atoms with Crippen LogP contribution in [0.3, 0.4) is 0 Å². The molecule has 4 rings (SSSR count). The molecule has 1 aromatic carbocycles. The van der Waals surface area contributed by atoms with Gasteiger partial charge in [0.1, 0.15) is 0 Å². The van der Waals surface area contributed by atoms with Gasteiger partial charge in [-0.25, -0.2) is 4.68 Å². The van der Waals surface area contributed by atoms with Gasteiger partial charge in [0.05, 0.1) is 0 Å². The Bertz CT molecular complexity index is 1340. The Morgan fingerprint density at radius 1 is 0.776 bits per heavy atom. The summed E-state index contributed by atoms with van der Waals surface area (Å²) in [6.07, 6.45) is 15.2. The van der Waals surface area contributed by atoms with Crippen molar-refractivity contribution in [1.82, 2.24) is 24.5 Å². The molecule has 1 fully saturated rings. The summed E-state index contributed by atoms with van der Waals surface area (Å²) in [6.45, 7) is 27.9. The molecule has 8 heteroatoms. The maximum Gasteiger partial charge on any atom is 0.227 e. The van der Waals surface area contributed by atoms with Gasteiger partial charge in [0.2, 0.25) is 5.91 Å². The standard InChI is InChI=1S/C13H19NO.C9H16N2.C9H14N2.C9H17NO.CH4/c1-13(2,3)12(15)10-6-8-11(9-7-10)14(4)5;2*1-9(2,3)5-8-11-7-4-6-10-11;1-9(2,3)8(11)10-6-4-5-7-10;/h6-9H,1-5H3;4,6-7H,5,8H2,1-3H3;4-8H,1-3H3;4-7H2,1-3H3;1H4/b;;8-5+;;. The number of aromatic nitrogens is 4. The first-order valence-electron chi connectivity index (χ1n) is 17.3. The van der Waals surface area contributed by atoms with Crippen LogP contribution in [0.4, 0.5) is 5.69 Å². The monoisotopic (exact) mass is 679 g/mol. The average molecular weight is 679 g/mol. The summed E-state index contributed by atoms with van der Waals surface area (Å²) in [6, 6.07) is 11.6. The number of Topliss-reactive ketones (excluding diaryl/α,β-unsaturated/α-hetero) is 1. The molecule has 2 aromatic heterocycles. The minimum absolute atomic E-state index is 0. The number of hydrogen-bond donors (Lipinski definition) is 0. The normalized spacial score (nSPS) is 13.2. The van der Waals surface area contributed by atoms with E-state index in [2.05, 4.69) is 57.8 Å². The first-order chi connectivity index (χ1) is 22.0. The fraction of sp³-hybridized carbons (Fsp3) is 0.610. The third-order valence-corrected chi connectivity index (χ3v) is 7.26. The van der Waals surface area contributed by atoms with Gasteiger partial charge < -0.3 is 9.80 Å².